The van der Waals surface area contributed by atoms with Gasteiger partial charge in [-0.2, -0.15) is 0 Å². The van der Waals surface area contributed by atoms with Crippen molar-refractivity contribution in [2.75, 3.05) is 6.61 Å². The number of fused-ring (bicyclic) bond motifs is 2. The Morgan fingerprint density at radius 3 is 2.64 bits per heavy atom. The highest BCUT2D eigenvalue weighted by molar-refractivity contribution is 9.10. The van der Waals surface area contributed by atoms with Crippen LogP contribution in [0.15, 0.2) is 22.7 Å². The van der Waals surface area contributed by atoms with Crippen molar-refractivity contribution in [1.29, 1.82) is 0 Å². The minimum absolute atomic E-state index is 0.0915. The number of halogens is 2. The van der Waals surface area contributed by atoms with Gasteiger partial charge in [0.1, 0.15) is 30.5 Å². The van der Waals surface area contributed by atoms with Crippen LogP contribution in [0.1, 0.15) is 52.4 Å². The molecule has 0 amide bonds. The van der Waals surface area contributed by atoms with Crippen LogP contribution in [0.2, 0.25) is 18.5 Å². The van der Waals surface area contributed by atoms with Gasteiger partial charge in [0.25, 0.3) is 0 Å². The molecule has 3 heterocycles. The van der Waals surface area contributed by atoms with Crippen molar-refractivity contribution in [3.05, 3.63) is 28.5 Å². The van der Waals surface area contributed by atoms with Crippen molar-refractivity contribution >= 4 is 22.6 Å². The van der Waals surface area contributed by atoms with Crippen LogP contribution in [0.3, 0.4) is 0 Å². The van der Waals surface area contributed by atoms with Gasteiger partial charge < -0.3 is 14.2 Å². The summed E-state index contributed by atoms with van der Waals surface area (Å²) in [6.07, 6.45) is 10.3. The topological polar surface area (TPSA) is 27.7 Å². The zero-order valence-electron chi connectivity index (χ0n) is 17.0. The lowest BCUT2D eigenvalue weighted by Gasteiger charge is -2.41. The summed E-state index contributed by atoms with van der Waals surface area (Å²) in [5.74, 6) is 1.53. The molecule has 0 aromatic heterocycles. The lowest BCUT2D eigenvalue weighted by atomic mass is 9.28. The van der Waals surface area contributed by atoms with Crippen LogP contribution in [0.25, 0.3) is 0 Å². The van der Waals surface area contributed by atoms with Gasteiger partial charge in [-0.3, -0.25) is 0 Å². The quantitative estimate of drug-likeness (QED) is 0.471. The summed E-state index contributed by atoms with van der Waals surface area (Å²) in [5.41, 5.74) is 0. The Balaban J connectivity index is 1.46. The van der Waals surface area contributed by atoms with Gasteiger partial charge in [-0.1, -0.05) is 50.6 Å². The van der Waals surface area contributed by atoms with Crippen LogP contribution < -0.4 is 4.74 Å². The molecule has 3 aliphatic heterocycles. The summed E-state index contributed by atoms with van der Waals surface area (Å²) in [6, 6.07) is 4.59. The Labute approximate surface area is 176 Å². The summed E-state index contributed by atoms with van der Waals surface area (Å²) < 4.78 is 32.5. The van der Waals surface area contributed by atoms with Crippen molar-refractivity contribution < 1.29 is 18.6 Å². The minimum atomic E-state index is -0.576. The fraction of sp³-hybridized carbons (Fsp3) is 0.727. The number of hydrogen-bond donors (Lipinski definition) is 0. The zero-order valence-corrected chi connectivity index (χ0v) is 18.5. The Hall–Kier alpha value is -0.585. The lowest BCUT2D eigenvalue weighted by molar-refractivity contribution is -0.149. The Bertz CT molecular complexity index is 664. The Morgan fingerprint density at radius 2 is 2.04 bits per heavy atom. The van der Waals surface area contributed by atoms with Gasteiger partial charge >= 0.3 is 0 Å². The van der Waals surface area contributed by atoms with Crippen LogP contribution in [0.5, 0.6) is 5.75 Å². The summed E-state index contributed by atoms with van der Waals surface area (Å²) >= 11 is 3.44. The first kappa shape index (κ1) is 20.7. The van der Waals surface area contributed by atoms with Gasteiger partial charge in [-0.15, -0.1) is 0 Å². The van der Waals surface area contributed by atoms with E-state index < -0.39 is 5.79 Å². The van der Waals surface area contributed by atoms with E-state index in [1.807, 2.05) is 13.8 Å². The van der Waals surface area contributed by atoms with Gasteiger partial charge in [0.15, 0.2) is 5.79 Å². The second kappa shape index (κ2) is 8.65. The van der Waals surface area contributed by atoms with Gasteiger partial charge in [0, 0.05) is 0 Å². The SMILES string of the molecule is CC1(C)OC[C@H]([C@@H](CC[C@H]2B3CCCC2CCC3)Oc2ccc(F)cc2Br)O1. The highest BCUT2D eigenvalue weighted by Gasteiger charge is 2.42. The summed E-state index contributed by atoms with van der Waals surface area (Å²) in [4.78, 5) is 0. The fourth-order valence-electron chi connectivity index (χ4n) is 5.60. The molecule has 0 unspecified atom stereocenters. The molecule has 2 bridgehead atoms. The van der Waals surface area contributed by atoms with Crippen LogP contribution in [-0.2, 0) is 9.47 Å². The Kier molecular flexibility index (Phi) is 6.39. The predicted octanol–water partition coefficient (Wildman–Crippen LogP) is 6.34. The van der Waals surface area contributed by atoms with Gasteiger partial charge in [0.2, 0.25) is 0 Å². The molecule has 6 heteroatoms. The van der Waals surface area contributed by atoms with E-state index in [0.717, 1.165) is 24.9 Å². The van der Waals surface area contributed by atoms with Crippen LogP contribution in [-0.4, -0.2) is 31.3 Å². The minimum Gasteiger partial charge on any atom is -0.486 e. The van der Waals surface area contributed by atoms with Crippen molar-refractivity contribution in [1.82, 2.24) is 0 Å². The molecule has 0 saturated carbocycles. The molecule has 3 atom stereocenters. The van der Waals surface area contributed by atoms with Gasteiger partial charge in [-0.25, -0.2) is 4.39 Å². The third-order valence-corrected chi connectivity index (χ3v) is 7.53. The molecular weight excluding hydrogens is 422 g/mol. The van der Waals surface area contributed by atoms with E-state index in [0.29, 0.717) is 16.8 Å². The standard InChI is InChI=1S/C22H31BBrFO3/c1-22(2)26-14-21(28-22)20(27-19-9-7-16(25)13-18(19)24)10-8-17-15-5-3-11-23(17)12-4-6-15/h7,9,13,15,17,20-21H,3-6,8,10-12,14H2,1-2H3/t17-,20-,21-/m1/s1. The van der Waals surface area contributed by atoms with Crippen LogP contribution >= 0.6 is 15.9 Å². The van der Waals surface area contributed by atoms with E-state index in [2.05, 4.69) is 15.9 Å². The third-order valence-electron chi connectivity index (χ3n) is 6.91. The average molecular weight is 453 g/mol. The first-order valence-corrected chi connectivity index (χ1v) is 11.6. The van der Waals surface area contributed by atoms with E-state index in [1.165, 1.54) is 56.9 Å². The van der Waals surface area contributed by atoms with E-state index in [9.17, 15) is 4.39 Å². The molecule has 0 radical (unpaired) electrons. The van der Waals surface area contributed by atoms with E-state index in [-0.39, 0.29) is 18.0 Å². The smallest absolute Gasteiger partial charge is 0.163 e. The summed E-state index contributed by atoms with van der Waals surface area (Å²) in [5, 5.41) is 0. The summed E-state index contributed by atoms with van der Waals surface area (Å²) in [6.45, 7) is 5.32. The molecule has 1 aromatic rings. The molecule has 3 nitrogen and oxygen atoms in total. The highest BCUT2D eigenvalue weighted by Crippen LogP contribution is 2.47. The number of benzene rings is 1. The molecule has 3 fully saturated rings. The molecule has 4 rings (SSSR count). The third kappa shape index (κ3) is 4.76. The number of ether oxygens (including phenoxy) is 3. The van der Waals surface area contributed by atoms with Crippen LogP contribution in [0, 0.1) is 11.7 Å². The van der Waals surface area contributed by atoms with Crippen molar-refractivity contribution in [2.24, 2.45) is 5.92 Å². The second-order valence-corrected chi connectivity index (χ2v) is 10.1. The van der Waals surface area contributed by atoms with Crippen LogP contribution in [0.4, 0.5) is 4.39 Å². The fourth-order valence-corrected chi connectivity index (χ4v) is 6.04. The Morgan fingerprint density at radius 1 is 1.29 bits per heavy atom. The largest absolute Gasteiger partial charge is 0.486 e. The van der Waals surface area contributed by atoms with Gasteiger partial charge in [0.05, 0.1) is 11.1 Å². The lowest BCUT2D eigenvalue weighted by Crippen LogP contribution is -2.39. The number of rotatable bonds is 6. The van der Waals surface area contributed by atoms with E-state index in [1.54, 1.807) is 6.07 Å². The van der Waals surface area contributed by atoms with E-state index >= 15 is 0 Å². The molecule has 154 valence electrons. The maximum atomic E-state index is 13.5. The normalized spacial score (nSPS) is 30.3. The summed E-state index contributed by atoms with van der Waals surface area (Å²) in [7, 11) is 0. The van der Waals surface area contributed by atoms with Gasteiger partial charge in [-0.05, 0) is 60.3 Å². The average Bonchev–Trinajstić information content (AvgIpc) is 2.99. The van der Waals surface area contributed by atoms with Crippen molar-refractivity contribution in [2.45, 2.75) is 88.8 Å². The molecule has 0 aliphatic carbocycles. The molecular formula is C22H31BBrFO3. The molecule has 3 saturated heterocycles. The molecule has 0 N–H and O–H groups in total. The predicted molar refractivity (Wildman–Crippen MR) is 114 cm³/mol. The monoisotopic (exact) mass is 452 g/mol. The molecule has 0 spiro atoms. The maximum Gasteiger partial charge on any atom is 0.163 e. The van der Waals surface area contributed by atoms with E-state index in [4.69, 9.17) is 14.2 Å². The molecule has 28 heavy (non-hydrogen) atoms. The zero-order chi connectivity index (χ0) is 19.7. The first-order valence-electron chi connectivity index (χ1n) is 10.8. The number of hydrogen-bond acceptors (Lipinski definition) is 3. The highest BCUT2D eigenvalue weighted by atomic mass is 79.9. The van der Waals surface area contributed by atoms with Crippen molar-refractivity contribution in [3.63, 3.8) is 0 Å². The van der Waals surface area contributed by atoms with Crippen molar-refractivity contribution in [3.8, 4) is 5.75 Å². The molecule has 1 aromatic carbocycles. The molecule has 3 aliphatic rings. The first-order chi connectivity index (χ1) is 13.4. The second-order valence-electron chi connectivity index (χ2n) is 9.22. The maximum absolute atomic E-state index is 13.5.